The van der Waals surface area contributed by atoms with E-state index in [1.54, 1.807) is 25.3 Å². The molecule has 3 aromatic rings. The summed E-state index contributed by atoms with van der Waals surface area (Å²) in [6.45, 7) is 2.40. The molecule has 0 fully saturated rings. The van der Waals surface area contributed by atoms with Gasteiger partial charge >= 0.3 is 5.97 Å². The van der Waals surface area contributed by atoms with Crippen molar-refractivity contribution in [3.8, 4) is 11.5 Å². The first-order chi connectivity index (χ1) is 16.4. The summed E-state index contributed by atoms with van der Waals surface area (Å²) >= 11 is 0. The minimum absolute atomic E-state index is 0.113. The molecular weight excluding hydrogens is 438 g/mol. The number of benzene rings is 2. The number of amides is 1. The number of anilines is 1. The number of allylic oxidation sites excluding steroid dienone is 1. The first kappa shape index (κ1) is 22.8. The third-order valence-electron chi connectivity index (χ3n) is 5.41. The van der Waals surface area contributed by atoms with Crippen molar-refractivity contribution >= 4 is 40.2 Å². The zero-order valence-corrected chi connectivity index (χ0v) is 18.7. The topological polar surface area (TPSA) is 115 Å². The highest BCUT2D eigenvalue weighted by Crippen LogP contribution is 2.38. The van der Waals surface area contributed by atoms with E-state index < -0.39 is 11.9 Å². The lowest BCUT2D eigenvalue weighted by Gasteiger charge is -2.12. The number of carboxylic acids is 1. The number of hydrogen-bond acceptors (Lipinski definition) is 6. The quantitative estimate of drug-likeness (QED) is 0.505. The Hall–Kier alpha value is -4.33. The lowest BCUT2D eigenvalue weighted by molar-refractivity contribution is -0.131. The van der Waals surface area contributed by atoms with Crippen LogP contribution in [0.4, 0.5) is 5.69 Å². The first-order valence-corrected chi connectivity index (χ1v) is 10.7. The Balaban J connectivity index is 1.74. The van der Waals surface area contributed by atoms with E-state index in [4.69, 9.17) is 19.0 Å². The van der Waals surface area contributed by atoms with Gasteiger partial charge in [-0.3, -0.25) is 9.59 Å². The standard InChI is InChI=1S/C26H23NO7/c1-3-33-20-6-4-5-15(26(20)32-2)13-16-7-9-19-24(31)18-10-8-17(14-21(18)34-25(16)19)27-22(28)11-12-23(29)30/h4-6,8,10-14H,3,7,9H2,1-2H3,(H,27,28)(H,29,30)/b12-11-,16-13?. The molecule has 1 aliphatic carbocycles. The SMILES string of the molecule is CCOc1cccc(C=C2CCc3c2oc2cc(NC(=O)/C=C\C(=O)O)ccc2c3=O)c1OC. The first-order valence-electron chi connectivity index (χ1n) is 10.7. The van der Waals surface area contributed by atoms with Crippen LogP contribution < -0.4 is 20.2 Å². The molecule has 0 bridgehead atoms. The molecule has 1 amide bonds. The summed E-state index contributed by atoms with van der Waals surface area (Å²) in [4.78, 5) is 35.6. The number of hydrogen-bond donors (Lipinski definition) is 2. The van der Waals surface area contributed by atoms with Gasteiger partial charge in [-0.05, 0) is 49.6 Å². The molecule has 0 unspecified atom stereocenters. The van der Waals surface area contributed by atoms with Crippen molar-refractivity contribution in [2.24, 2.45) is 0 Å². The van der Waals surface area contributed by atoms with Crippen molar-refractivity contribution in [2.45, 2.75) is 19.8 Å². The Bertz CT molecular complexity index is 1400. The van der Waals surface area contributed by atoms with E-state index in [1.165, 1.54) is 0 Å². The van der Waals surface area contributed by atoms with Gasteiger partial charge in [0.2, 0.25) is 5.91 Å². The molecule has 0 atom stereocenters. The molecule has 1 aromatic heterocycles. The third kappa shape index (κ3) is 4.56. The van der Waals surface area contributed by atoms with E-state index in [0.717, 1.165) is 23.3 Å². The maximum absolute atomic E-state index is 13.1. The van der Waals surface area contributed by atoms with Gasteiger partial charge in [-0.25, -0.2) is 4.79 Å². The molecule has 0 saturated carbocycles. The number of carboxylic acid groups (broad SMARTS) is 1. The molecule has 2 N–H and O–H groups in total. The smallest absolute Gasteiger partial charge is 0.328 e. The number of carbonyl (C=O) groups excluding carboxylic acids is 1. The second-order valence-corrected chi connectivity index (χ2v) is 7.59. The number of rotatable bonds is 7. The monoisotopic (exact) mass is 461 g/mol. The van der Waals surface area contributed by atoms with Gasteiger partial charge in [-0.2, -0.15) is 0 Å². The van der Waals surface area contributed by atoms with E-state index in [-0.39, 0.29) is 5.43 Å². The Morgan fingerprint density at radius 1 is 1.18 bits per heavy atom. The number of methoxy groups -OCH3 is 1. The Morgan fingerprint density at radius 2 is 2.00 bits per heavy atom. The van der Waals surface area contributed by atoms with E-state index in [9.17, 15) is 14.4 Å². The predicted molar refractivity (Wildman–Crippen MR) is 128 cm³/mol. The van der Waals surface area contributed by atoms with Crippen molar-refractivity contribution in [1.29, 1.82) is 0 Å². The molecule has 0 saturated heterocycles. The zero-order valence-electron chi connectivity index (χ0n) is 18.7. The lowest BCUT2D eigenvalue weighted by Crippen LogP contribution is -2.11. The molecule has 8 nitrogen and oxygen atoms in total. The van der Waals surface area contributed by atoms with Crippen LogP contribution in [0.5, 0.6) is 11.5 Å². The Kier molecular flexibility index (Phi) is 6.49. The van der Waals surface area contributed by atoms with Crippen LogP contribution in [-0.4, -0.2) is 30.7 Å². The minimum atomic E-state index is -1.22. The minimum Gasteiger partial charge on any atom is -0.492 e. The van der Waals surface area contributed by atoms with Crippen LogP contribution in [0.1, 0.15) is 30.2 Å². The van der Waals surface area contributed by atoms with E-state index in [1.807, 2.05) is 31.2 Å². The van der Waals surface area contributed by atoms with Crippen molar-refractivity contribution in [1.82, 2.24) is 0 Å². The van der Waals surface area contributed by atoms with Gasteiger partial charge in [0.15, 0.2) is 16.9 Å². The number of aliphatic carboxylic acids is 1. The van der Waals surface area contributed by atoms with Crippen molar-refractivity contribution in [2.75, 3.05) is 19.0 Å². The third-order valence-corrected chi connectivity index (χ3v) is 5.41. The number of carbonyl (C=O) groups is 2. The van der Waals surface area contributed by atoms with Crippen molar-refractivity contribution in [3.05, 3.63) is 75.7 Å². The summed E-state index contributed by atoms with van der Waals surface area (Å²) in [5.41, 5.74) is 2.88. The summed E-state index contributed by atoms with van der Waals surface area (Å²) in [6.07, 6.45) is 4.79. The summed E-state index contributed by atoms with van der Waals surface area (Å²) in [6, 6.07) is 10.3. The van der Waals surface area contributed by atoms with Crippen LogP contribution in [0.3, 0.4) is 0 Å². The summed E-state index contributed by atoms with van der Waals surface area (Å²) in [5.74, 6) is -0.0802. The molecule has 1 aliphatic rings. The van der Waals surface area contributed by atoms with Gasteiger partial charge in [0.1, 0.15) is 11.3 Å². The molecular formula is C26H23NO7. The molecule has 0 spiro atoms. The van der Waals surface area contributed by atoms with Gasteiger partial charge in [0, 0.05) is 35.0 Å². The summed E-state index contributed by atoms with van der Waals surface area (Å²) in [7, 11) is 1.58. The Morgan fingerprint density at radius 3 is 2.74 bits per heavy atom. The highest BCUT2D eigenvalue weighted by Gasteiger charge is 2.25. The van der Waals surface area contributed by atoms with Crippen molar-refractivity contribution in [3.63, 3.8) is 0 Å². The number of fused-ring (bicyclic) bond motifs is 2. The fourth-order valence-corrected chi connectivity index (χ4v) is 3.96. The summed E-state index contributed by atoms with van der Waals surface area (Å²) < 4.78 is 17.4. The van der Waals surface area contributed by atoms with E-state index in [2.05, 4.69) is 5.32 Å². The number of ether oxygens (including phenoxy) is 2. The van der Waals surface area contributed by atoms with Gasteiger partial charge in [-0.15, -0.1) is 0 Å². The summed E-state index contributed by atoms with van der Waals surface area (Å²) in [5, 5.41) is 11.6. The largest absolute Gasteiger partial charge is 0.492 e. The second-order valence-electron chi connectivity index (χ2n) is 7.59. The number of para-hydroxylation sites is 1. The highest BCUT2D eigenvalue weighted by molar-refractivity contribution is 6.03. The zero-order chi connectivity index (χ0) is 24.2. The van der Waals surface area contributed by atoms with Crippen LogP contribution in [0, 0.1) is 0 Å². The van der Waals surface area contributed by atoms with Crippen LogP contribution in [-0.2, 0) is 16.0 Å². The second kappa shape index (κ2) is 9.66. The average Bonchev–Trinajstić information content (AvgIpc) is 3.21. The van der Waals surface area contributed by atoms with E-state index >= 15 is 0 Å². The molecule has 2 aromatic carbocycles. The molecule has 0 radical (unpaired) electrons. The normalized spacial score (nSPS) is 13.9. The molecule has 0 aliphatic heterocycles. The fourth-order valence-electron chi connectivity index (χ4n) is 3.96. The molecule has 34 heavy (non-hydrogen) atoms. The maximum atomic E-state index is 13.1. The highest BCUT2D eigenvalue weighted by atomic mass is 16.5. The molecule has 1 heterocycles. The fraction of sp³-hybridized carbons (Fsp3) is 0.192. The van der Waals surface area contributed by atoms with Gasteiger partial charge in [0.25, 0.3) is 0 Å². The maximum Gasteiger partial charge on any atom is 0.328 e. The van der Waals surface area contributed by atoms with Crippen LogP contribution in [0.15, 0.2) is 57.8 Å². The Labute approximate surface area is 195 Å². The molecule has 8 heteroatoms. The molecule has 174 valence electrons. The molecule has 4 rings (SSSR count). The average molecular weight is 461 g/mol. The van der Waals surface area contributed by atoms with E-state index in [0.29, 0.717) is 58.9 Å². The predicted octanol–water partition coefficient (Wildman–Crippen LogP) is 4.27. The van der Waals surface area contributed by atoms with Gasteiger partial charge in [0.05, 0.1) is 19.1 Å². The van der Waals surface area contributed by atoms with Crippen molar-refractivity contribution < 1.29 is 28.6 Å². The van der Waals surface area contributed by atoms with Crippen LogP contribution in [0.2, 0.25) is 0 Å². The van der Waals surface area contributed by atoms with Gasteiger partial charge in [-0.1, -0.05) is 12.1 Å². The van der Waals surface area contributed by atoms with Crippen LogP contribution in [0.25, 0.3) is 22.6 Å². The van der Waals surface area contributed by atoms with Crippen LogP contribution >= 0.6 is 0 Å². The van der Waals surface area contributed by atoms with Gasteiger partial charge < -0.3 is 24.3 Å². The number of nitrogens with one attached hydrogen (secondary N) is 1. The lowest BCUT2D eigenvalue weighted by atomic mass is 10.1.